The van der Waals surface area contributed by atoms with Gasteiger partial charge in [-0.25, -0.2) is 0 Å². The molecule has 92 valence electrons. The normalized spacial score (nSPS) is 31.9. The number of rotatable bonds is 2. The Morgan fingerprint density at radius 2 is 1.71 bits per heavy atom. The highest BCUT2D eigenvalue weighted by Gasteiger charge is 2.40. The molecule has 0 aliphatic carbocycles. The van der Waals surface area contributed by atoms with Crippen LogP contribution in [0.25, 0.3) is 0 Å². The van der Waals surface area contributed by atoms with Gasteiger partial charge in [0.15, 0.2) is 0 Å². The number of fused-ring (bicyclic) bond motifs is 2. The number of anilines is 1. The first-order valence-electron chi connectivity index (χ1n) is 6.49. The average Bonchev–Trinajstić information content (AvgIpc) is 2.61. The van der Waals surface area contributed by atoms with Gasteiger partial charge in [0.05, 0.1) is 0 Å². The minimum Gasteiger partial charge on any atom is -0.365 e. The molecule has 2 atom stereocenters. The number of nitrogens with zero attached hydrogens (tertiary/aromatic N) is 1. The lowest BCUT2D eigenvalue weighted by molar-refractivity contribution is 0.374. The number of hydrogen-bond acceptors (Lipinski definition) is 2. The third-order valence-corrected chi connectivity index (χ3v) is 4.79. The van der Waals surface area contributed by atoms with E-state index in [1.54, 1.807) is 0 Å². The Morgan fingerprint density at radius 3 is 2.24 bits per heavy atom. The van der Waals surface area contributed by atoms with Crippen molar-refractivity contribution in [2.45, 2.75) is 43.8 Å². The fourth-order valence-electron chi connectivity index (χ4n) is 3.45. The fourth-order valence-corrected chi connectivity index (χ4v) is 3.71. The predicted molar refractivity (Wildman–Crippen MR) is 75.5 cm³/mol. The molecular formula is C14H19BrN2. The van der Waals surface area contributed by atoms with Crippen LogP contribution in [-0.2, 0) is 0 Å². The summed E-state index contributed by atoms with van der Waals surface area (Å²) in [6.07, 6.45) is 5.31. The van der Waals surface area contributed by atoms with Crippen molar-refractivity contribution in [2.24, 2.45) is 0 Å². The SMILES string of the molecule is CNC1CC2CCC(C1)N2c1ccc(Br)cc1. The lowest BCUT2D eigenvalue weighted by atomic mass is 9.97. The zero-order valence-electron chi connectivity index (χ0n) is 10.2. The van der Waals surface area contributed by atoms with E-state index in [1.807, 2.05) is 0 Å². The van der Waals surface area contributed by atoms with Crippen molar-refractivity contribution < 1.29 is 0 Å². The maximum Gasteiger partial charge on any atom is 0.0372 e. The van der Waals surface area contributed by atoms with Crippen LogP contribution in [0.5, 0.6) is 0 Å². The maximum absolute atomic E-state index is 3.51. The van der Waals surface area contributed by atoms with Crippen molar-refractivity contribution in [3.8, 4) is 0 Å². The van der Waals surface area contributed by atoms with Crippen molar-refractivity contribution in [1.82, 2.24) is 5.32 Å². The number of nitrogens with one attached hydrogen (secondary N) is 1. The van der Waals surface area contributed by atoms with Gasteiger partial charge < -0.3 is 10.2 Å². The standard InChI is InChI=1S/C14H19BrN2/c1-16-11-8-13-6-7-14(9-11)17(13)12-4-2-10(15)3-5-12/h2-5,11,13-14,16H,6-9H2,1H3. The third kappa shape index (κ3) is 2.11. The van der Waals surface area contributed by atoms with Gasteiger partial charge in [-0.1, -0.05) is 15.9 Å². The summed E-state index contributed by atoms with van der Waals surface area (Å²) in [4.78, 5) is 2.65. The van der Waals surface area contributed by atoms with Gasteiger partial charge in [0.1, 0.15) is 0 Å². The number of benzene rings is 1. The van der Waals surface area contributed by atoms with Crippen LogP contribution in [0.2, 0.25) is 0 Å². The van der Waals surface area contributed by atoms with Crippen LogP contribution in [0.15, 0.2) is 28.7 Å². The summed E-state index contributed by atoms with van der Waals surface area (Å²) in [5, 5.41) is 3.45. The van der Waals surface area contributed by atoms with Crippen molar-refractivity contribution in [1.29, 1.82) is 0 Å². The van der Waals surface area contributed by atoms with E-state index in [0.717, 1.165) is 18.1 Å². The highest BCUT2D eigenvalue weighted by atomic mass is 79.9. The van der Waals surface area contributed by atoms with Crippen LogP contribution in [-0.4, -0.2) is 25.2 Å². The molecule has 0 radical (unpaired) electrons. The van der Waals surface area contributed by atoms with E-state index >= 15 is 0 Å². The maximum atomic E-state index is 3.51. The van der Waals surface area contributed by atoms with Crippen molar-refractivity contribution in [3.63, 3.8) is 0 Å². The molecule has 17 heavy (non-hydrogen) atoms. The Hall–Kier alpha value is -0.540. The summed E-state index contributed by atoms with van der Waals surface area (Å²) in [7, 11) is 2.10. The minimum atomic E-state index is 0.721. The van der Waals surface area contributed by atoms with E-state index in [2.05, 4.69) is 57.5 Å². The van der Waals surface area contributed by atoms with Crippen molar-refractivity contribution in [3.05, 3.63) is 28.7 Å². The van der Waals surface area contributed by atoms with Gasteiger partial charge >= 0.3 is 0 Å². The van der Waals surface area contributed by atoms with Gasteiger partial charge in [-0.15, -0.1) is 0 Å². The summed E-state index contributed by atoms with van der Waals surface area (Å²) < 4.78 is 1.17. The third-order valence-electron chi connectivity index (χ3n) is 4.27. The second-order valence-electron chi connectivity index (χ2n) is 5.23. The molecule has 1 aromatic rings. The van der Waals surface area contributed by atoms with E-state index in [1.165, 1.54) is 35.8 Å². The molecule has 2 fully saturated rings. The first-order chi connectivity index (χ1) is 8.28. The van der Waals surface area contributed by atoms with E-state index in [9.17, 15) is 0 Å². The zero-order valence-corrected chi connectivity index (χ0v) is 11.8. The topological polar surface area (TPSA) is 15.3 Å². The molecule has 2 heterocycles. The van der Waals surface area contributed by atoms with Crippen LogP contribution in [0.3, 0.4) is 0 Å². The first-order valence-corrected chi connectivity index (χ1v) is 7.28. The average molecular weight is 295 g/mol. The summed E-state index contributed by atoms with van der Waals surface area (Å²) in [5.74, 6) is 0. The minimum absolute atomic E-state index is 0.721. The van der Waals surface area contributed by atoms with E-state index in [0.29, 0.717) is 0 Å². The second kappa shape index (κ2) is 4.62. The first kappa shape index (κ1) is 11.5. The summed E-state index contributed by atoms with van der Waals surface area (Å²) in [5.41, 5.74) is 1.40. The van der Waals surface area contributed by atoms with Crippen LogP contribution < -0.4 is 10.2 Å². The van der Waals surface area contributed by atoms with Gasteiger partial charge in [-0.3, -0.25) is 0 Å². The molecule has 0 amide bonds. The van der Waals surface area contributed by atoms with Gasteiger partial charge in [-0.05, 0) is 57.0 Å². The Labute approximate surface area is 112 Å². The molecule has 2 nitrogen and oxygen atoms in total. The van der Waals surface area contributed by atoms with Gasteiger partial charge in [0.25, 0.3) is 0 Å². The van der Waals surface area contributed by atoms with Gasteiger partial charge in [-0.2, -0.15) is 0 Å². The monoisotopic (exact) mass is 294 g/mol. The number of piperidine rings is 1. The lowest BCUT2D eigenvalue weighted by Gasteiger charge is -2.40. The molecule has 1 aromatic carbocycles. The molecule has 2 bridgehead atoms. The predicted octanol–water partition coefficient (Wildman–Crippen LogP) is 3.17. The summed E-state index contributed by atoms with van der Waals surface area (Å²) in [6, 6.07) is 11.0. The Kier molecular flexibility index (Phi) is 3.14. The number of halogens is 1. The van der Waals surface area contributed by atoms with Gasteiger partial charge in [0.2, 0.25) is 0 Å². The highest BCUT2D eigenvalue weighted by Crippen LogP contribution is 2.39. The van der Waals surface area contributed by atoms with Crippen LogP contribution in [0.1, 0.15) is 25.7 Å². The molecule has 2 aliphatic rings. The van der Waals surface area contributed by atoms with Crippen LogP contribution in [0, 0.1) is 0 Å². The summed E-state index contributed by atoms with van der Waals surface area (Å²) >= 11 is 3.51. The Balaban J connectivity index is 1.83. The largest absolute Gasteiger partial charge is 0.365 e. The van der Waals surface area contributed by atoms with Crippen molar-refractivity contribution in [2.75, 3.05) is 11.9 Å². The lowest BCUT2D eigenvalue weighted by Crippen LogP contribution is -2.48. The molecule has 0 saturated carbocycles. The Morgan fingerprint density at radius 1 is 1.12 bits per heavy atom. The highest BCUT2D eigenvalue weighted by molar-refractivity contribution is 9.10. The number of hydrogen-bond donors (Lipinski definition) is 1. The molecule has 2 saturated heterocycles. The molecule has 3 rings (SSSR count). The van der Waals surface area contributed by atoms with E-state index in [4.69, 9.17) is 0 Å². The van der Waals surface area contributed by atoms with Crippen LogP contribution in [0.4, 0.5) is 5.69 Å². The molecule has 2 unspecified atom stereocenters. The van der Waals surface area contributed by atoms with E-state index < -0.39 is 0 Å². The van der Waals surface area contributed by atoms with Crippen molar-refractivity contribution >= 4 is 21.6 Å². The van der Waals surface area contributed by atoms with E-state index in [-0.39, 0.29) is 0 Å². The quantitative estimate of drug-likeness (QED) is 0.901. The van der Waals surface area contributed by atoms with Crippen LogP contribution >= 0.6 is 15.9 Å². The summed E-state index contributed by atoms with van der Waals surface area (Å²) in [6.45, 7) is 0. The Bertz CT molecular complexity index is 376. The second-order valence-corrected chi connectivity index (χ2v) is 6.14. The zero-order chi connectivity index (χ0) is 11.8. The van der Waals surface area contributed by atoms with Gasteiger partial charge in [0, 0.05) is 28.3 Å². The molecule has 0 spiro atoms. The molecular weight excluding hydrogens is 276 g/mol. The smallest absolute Gasteiger partial charge is 0.0372 e. The molecule has 3 heteroatoms. The molecule has 0 aromatic heterocycles. The fraction of sp³-hybridized carbons (Fsp3) is 0.571. The molecule has 2 aliphatic heterocycles. The molecule has 1 N–H and O–H groups in total.